The van der Waals surface area contributed by atoms with E-state index in [4.69, 9.17) is 13.7 Å². The average Bonchev–Trinajstić information content (AvgIpc) is 2.33. The minimum Gasteiger partial charge on any atom is -0.417 e. The van der Waals surface area contributed by atoms with E-state index in [0.717, 1.165) is 45.1 Å². The second kappa shape index (κ2) is 7.74. The van der Waals surface area contributed by atoms with Gasteiger partial charge < -0.3 is 4.43 Å². The minimum absolute atomic E-state index is 0.219. The third-order valence-electron chi connectivity index (χ3n) is 5.09. The molecule has 0 aromatic carbocycles. The van der Waals surface area contributed by atoms with E-state index in [1.165, 1.54) is 0 Å². The first-order valence-electron chi connectivity index (χ1n) is 8.27. The lowest BCUT2D eigenvalue weighted by Crippen LogP contribution is -2.41. The van der Waals surface area contributed by atoms with Crippen molar-refractivity contribution in [2.75, 3.05) is 6.61 Å². The maximum absolute atomic E-state index is 11.2. The summed E-state index contributed by atoms with van der Waals surface area (Å²) in [5, 5.41) is 5.24. The molecule has 0 aromatic heterocycles. The molecule has 1 saturated carbocycles. The number of rotatable bonds is 7. The van der Waals surface area contributed by atoms with Gasteiger partial charge in [-0.2, -0.15) is 8.42 Å². The van der Waals surface area contributed by atoms with E-state index in [9.17, 15) is 8.42 Å². The van der Waals surface area contributed by atoms with Crippen LogP contribution in [0.3, 0.4) is 0 Å². The van der Waals surface area contributed by atoms with Crippen molar-refractivity contribution in [3.05, 3.63) is 0 Å². The molecule has 0 saturated heterocycles. The van der Waals surface area contributed by atoms with E-state index < -0.39 is 18.6 Å². The van der Waals surface area contributed by atoms with Gasteiger partial charge in [0.2, 0.25) is 0 Å². The summed E-state index contributed by atoms with van der Waals surface area (Å²) in [6.45, 7) is 11.9. The van der Waals surface area contributed by atoms with Crippen molar-refractivity contribution in [1.29, 1.82) is 0 Å². The fourth-order valence-corrected chi connectivity index (χ4v) is 4.38. The lowest BCUT2D eigenvalue weighted by molar-refractivity contribution is 0.0891. The Bertz CT molecular complexity index is 445. The van der Waals surface area contributed by atoms with Crippen LogP contribution in [0.25, 0.3) is 0 Å². The first-order valence-corrected chi connectivity index (χ1v) is 12.7. The number of hydrogen-bond donors (Lipinski definition) is 1. The maximum Gasteiger partial charge on any atom is 0.333 e. The highest BCUT2D eigenvalue weighted by Gasteiger charge is 2.37. The topological polar surface area (TPSA) is 78.6 Å². The third-order valence-corrected chi connectivity index (χ3v) is 10.1. The van der Waals surface area contributed by atoms with Crippen molar-refractivity contribution in [1.82, 2.24) is 0 Å². The monoisotopic (exact) mass is 351 g/mol. The van der Waals surface area contributed by atoms with Crippen LogP contribution in [0, 0.1) is 5.92 Å². The molecule has 0 aliphatic heterocycles. The lowest BCUT2D eigenvalue weighted by Gasteiger charge is -2.36. The Balaban J connectivity index is 2.42. The van der Waals surface area contributed by atoms with Gasteiger partial charge in [0.15, 0.2) is 8.32 Å². The normalized spacial score (nSPS) is 24.5. The second-order valence-corrected chi connectivity index (χ2v) is 13.9. The quantitative estimate of drug-likeness (QED) is 0.562. The molecule has 2 atom stereocenters. The average molecular weight is 352 g/mol. The van der Waals surface area contributed by atoms with Crippen LogP contribution in [0.5, 0.6) is 0 Å². The van der Waals surface area contributed by atoms with E-state index in [1.807, 2.05) is 0 Å². The van der Waals surface area contributed by atoms with Gasteiger partial charge in [-0.15, -0.1) is 0 Å². The molecule has 2 N–H and O–H groups in total. The van der Waals surface area contributed by atoms with E-state index >= 15 is 0 Å². The van der Waals surface area contributed by atoms with Gasteiger partial charge in [-0.25, -0.2) is 5.14 Å². The molecule has 0 bridgehead atoms. The molecular formula is C15H33NO4SSi. The van der Waals surface area contributed by atoms with Crippen LogP contribution in [0.1, 0.15) is 59.3 Å². The maximum atomic E-state index is 11.2. The third kappa shape index (κ3) is 6.66. The fourth-order valence-electron chi connectivity index (χ4n) is 2.69. The molecule has 1 aliphatic carbocycles. The first kappa shape index (κ1) is 20.1. The van der Waals surface area contributed by atoms with Crippen LogP contribution < -0.4 is 5.14 Å². The zero-order valence-electron chi connectivity index (χ0n) is 14.7. The van der Waals surface area contributed by atoms with Gasteiger partial charge in [-0.1, -0.05) is 33.6 Å². The largest absolute Gasteiger partial charge is 0.417 e. The van der Waals surface area contributed by atoms with Crippen LogP contribution in [-0.2, 0) is 18.9 Å². The zero-order chi connectivity index (χ0) is 17.0. The summed E-state index contributed by atoms with van der Waals surface area (Å²) in [4.78, 5) is 0. The molecule has 0 aromatic rings. The Morgan fingerprint density at radius 2 is 1.77 bits per heavy atom. The van der Waals surface area contributed by atoms with Gasteiger partial charge in [-0.05, 0) is 49.7 Å². The smallest absolute Gasteiger partial charge is 0.333 e. The molecule has 1 aliphatic rings. The highest BCUT2D eigenvalue weighted by atomic mass is 32.2. The van der Waals surface area contributed by atoms with Crippen molar-refractivity contribution in [3.8, 4) is 0 Å². The molecule has 22 heavy (non-hydrogen) atoms. The molecule has 1 unspecified atom stereocenters. The van der Waals surface area contributed by atoms with E-state index in [0.29, 0.717) is 0 Å². The molecule has 5 nitrogen and oxygen atoms in total. The van der Waals surface area contributed by atoms with E-state index in [2.05, 4.69) is 33.9 Å². The Labute approximate surface area is 137 Å². The summed E-state index contributed by atoms with van der Waals surface area (Å²) in [6.07, 6.45) is 5.58. The SMILES string of the molecule is CC(C)(C)[Si](C)(C)OCCCC1CCCC[C@H]1OS(N)(=O)=O. The van der Waals surface area contributed by atoms with Gasteiger partial charge in [0, 0.05) is 6.61 Å². The molecule has 1 rings (SSSR count). The van der Waals surface area contributed by atoms with Crippen LogP contribution in [0.4, 0.5) is 0 Å². The Morgan fingerprint density at radius 1 is 1.18 bits per heavy atom. The van der Waals surface area contributed by atoms with Crippen LogP contribution in [-0.4, -0.2) is 29.4 Å². The first-order chi connectivity index (χ1) is 9.92. The highest BCUT2D eigenvalue weighted by molar-refractivity contribution is 7.84. The van der Waals surface area contributed by atoms with E-state index in [1.54, 1.807) is 0 Å². The number of nitrogens with two attached hydrogens (primary N) is 1. The summed E-state index contributed by atoms with van der Waals surface area (Å²) in [5.74, 6) is 0.273. The molecule has 0 amide bonds. The molecule has 7 heteroatoms. The highest BCUT2D eigenvalue weighted by Crippen LogP contribution is 2.37. The zero-order valence-corrected chi connectivity index (χ0v) is 16.5. The Kier molecular flexibility index (Phi) is 7.07. The summed E-state index contributed by atoms with van der Waals surface area (Å²) >= 11 is 0. The van der Waals surface area contributed by atoms with Gasteiger partial charge in [0.25, 0.3) is 0 Å². The summed E-state index contributed by atoms with van der Waals surface area (Å²) in [5.41, 5.74) is 0. The second-order valence-electron chi connectivity index (χ2n) is 7.92. The van der Waals surface area contributed by atoms with Crippen LogP contribution in [0.2, 0.25) is 18.1 Å². The van der Waals surface area contributed by atoms with Crippen LogP contribution >= 0.6 is 0 Å². The lowest BCUT2D eigenvalue weighted by atomic mass is 9.84. The van der Waals surface area contributed by atoms with Gasteiger partial charge in [0.1, 0.15) is 0 Å². The standard InChI is InChI=1S/C15H33NO4SSi/c1-15(2,3)22(4,5)19-12-8-10-13-9-6-7-11-14(13)20-21(16,17)18/h13-14H,6-12H2,1-5H3,(H2,16,17,18)/t13?,14-/m1/s1. The number of hydrogen-bond acceptors (Lipinski definition) is 4. The predicted molar refractivity (Wildman–Crippen MR) is 92.3 cm³/mol. The van der Waals surface area contributed by atoms with Crippen molar-refractivity contribution >= 4 is 18.6 Å². The molecular weight excluding hydrogens is 318 g/mol. The van der Waals surface area contributed by atoms with Crippen molar-refractivity contribution in [2.45, 2.75) is 83.5 Å². The van der Waals surface area contributed by atoms with Gasteiger partial charge in [0.05, 0.1) is 6.10 Å². The van der Waals surface area contributed by atoms with Crippen molar-refractivity contribution in [2.24, 2.45) is 11.1 Å². The summed E-state index contributed by atoms with van der Waals surface area (Å²) < 4.78 is 33.5. The van der Waals surface area contributed by atoms with Gasteiger partial charge in [-0.3, -0.25) is 4.18 Å². The van der Waals surface area contributed by atoms with Crippen LogP contribution in [0.15, 0.2) is 0 Å². The summed E-state index contributed by atoms with van der Waals surface area (Å²) in [7, 11) is -5.55. The summed E-state index contributed by atoms with van der Waals surface area (Å²) in [6, 6.07) is 0. The Hall–Kier alpha value is 0.0469. The Morgan fingerprint density at radius 3 is 2.32 bits per heavy atom. The van der Waals surface area contributed by atoms with Gasteiger partial charge >= 0.3 is 10.3 Å². The molecule has 0 spiro atoms. The van der Waals surface area contributed by atoms with Crippen molar-refractivity contribution < 1.29 is 17.0 Å². The van der Waals surface area contributed by atoms with E-state index in [-0.39, 0.29) is 17.1 Å². The predicted octanol–water partition coefficient (Wildman–Crippen LogP) is 3.57. The molecule has 1 fully saturated rings. The van der Waals surface area contributed by atoms with Crippen molar-refractivity contribution in [3.63, 3.8) is 0 Å². The molecule has 0 radical (unpaired) electrons. The molecule has 132 valence electrons. The molecule has 0 heterocycles. The fraction of sp³-hybridized carbons (Fsp3) is 1.00. The minimum atomic E-state index is -3.85.